The predicted molar refractivity (Wildman–Crippen MR) is 156 cm³/mol. The van der Waals surface area contributed by atoms with Gasteiger partial charge in [-0.05, 0) is 81.3 Å². The van der Waals surface area contributed by atoms with Crippen LogP contribution in [0, 0.1) is 5.41 Å². The lowest BCUT2D eigenvalue weighted by Gasteiger charge is -2.38. The van der Waals surface area contributed by atoms with Crippen molar-refractivity contribution in [3.05, 3.63) is 65.7 Å². The molecule has 0 bridgehead atoms. The molecular formula is C31H43ClN4O3. The number of benzene rings is 2. The van der Waals surface area contributed by atoms with Crippen LogP contribution in [0.15, 0.2) is 54.6 Å². The van der Waals surface area contributed by atoms with Gasteiger partial charge >= 0.3 is 6.03 Å². The Morgan fingerprint density at radius 1 is 0.923 bits per heavy atom. The summed E-state index contributed by atoms with van der Waals surface area (Å²) < 4.78 is 5.26. The zero-order valence-electron chi connectivity index (χ0n) is 23.1. The molecule has 0 aliphatic carbocycles. The van der Waals surface area contributed by atoms with Crippen molar-refractivity contribution in [2.75, 3.05) is 46.4 Å². The van der Waals surface area contributed by atoms with Gasteiger partial charge in [0.15, 0.2) is 0 Å². The molecule has 3 amide bonds. The number of ether oxygens (including phenoxy) is 1. The number of urea groups is 1. The van der Waals surface area contributed by atoms with Gasteiger partial charge < -0.3 is 24.8 Å². The van der Waals surface area contributed by atoms with Gasteiger partial charge in [-0.25, -0.2) is 4.79 Å². The van der Waals surface area contributed by atoms with Gasteiger partial charge in [-0.2, -0.15) is 0 Å². The summed E-state index contributed by atoms with van der Waals surface area (Å²) in [5, 5.41) is 3.33. The van der Waals surface area contributed by atoms with Crippen LogP contribution in [-0.4, -0.2) is 73.0 Å². The molecule has 1 spiro atoms. The smallest absolute Gasteiger partial charge is 0.317 e. The minimum Gasteiger partial charge on any atom is -0.497 e. The maximum absolute atomic E-state index is 13.5. The minimum absolute atomic E-state index is 0. The SMILES string of the molecule is COc1ccc(CN2CCC3(CCN(CCC(NC(=O)N4CCCCC4)c4ccccc4)CC3)C2=O)cc1.Cl. The van der Waals surface area contributed by atoms with E-state index in [-0.39, 0.29) is 29.9 Å². The lowest BCUT2D eigenvalue weighted by atomic mass is 9.77. The maximum Gasteiger partial charge on any atom is 0.317 e. The van der Waals surface area contributed by atoms with Gasteiger partial charge in [-0.3, -0.25) is 4.79 Å². The standard InChI is InChI=1S/C31H42N4O3.ClH/c1-38-27-12-10-25(11-13-27)24-35-23-17-31(29(35)36)15-21-33(22-16-31)20-14-28(26-8-4-2-5-9-26)32-30(37)34-18-6-3-7-19-34;/h2,4-5,8-13,28H,3,6-7,14-24H2,1H3,(H,32,37);1H. The van der Waals surface area contributed by atoms with Crippen molar-refractivity contribution < 1.29 is 14.3 Å². The van der Waals surface area contributed by atoms with Crippen LogP contribution in [0.5, 0.6) is 5.75 Å². The molecule has 1 unspecified atom stereocenters. The van der Waals surface area contributed by atoms with E-state index in [1.807, 2.05) is 52.3 Å². The second-order valence-corrected chi connectivity index (χ2v) is 11.2. The fourth-order valence-corrected chi connectivity index (χ4v) is 6.32. The molecule has 3 aliphatic rings. The molecule has 1 N–H and O–H groups in total. The molecule has 3 aliphatic heterocycles. The Labute approximate surface area is 239 Å². The zero-order chi connectivity index (χ0) is 26.4. The number of nitrogens with one attached hydrogen (secondary N) is 1. The highest BCUT2D eigenvalue weighted by Crippen LogP contribution is 2.42. The van der Waals surface area contributed by atoms with Crippen LogP contribution in [0.2, 0.25) is 0 Å². The van der Waals surface area contributed by atoms with E-state index in [0.717, 1.165) is 94.7 Å². The summed E-state index contributed by atoms with van der Waals surface area (Å²) in [6.07, 6.45) is 7.05. The van der Waals surface area contributed by atoms with Crippen LogP contribution in [0.3, 0.4) is 0 Å². The Bertz CT molecular complexity index is 1070. The lowest BCUT2D eigenvalue weighted by molar-refractivity contribution is -0.138. The highest BCUT2D eigenvalue weighted by atomic mass is 35.5. The zero-order valence-corrected chi connectivity index (χ0v) is 24.0. The number of amides is 3. The molecular weight excluding hydrogens is 512 g/mol. The van der Waals surface area contributed by atoms with Crippen molar-refractivity contribution in [1.29, 1.82) is 0 Å². The molecule has 212 valence electrons. The number of nitrogens with zero attached hydrogens (tertiary/aromatic N) is 3. The van der Waals surface area contributed by atoms with Crippen molar-refractivity contribution >= 4 is 24.3 Å². The largest absolute Gasteiger partial charge is 0.497 e. The fraction of sp³-hybridized carbons (Fsp3) is 0.548. The third-order valence-corrected chi connectivity index (χ3v) is 8.82. The number of rotatable bonds is 8. The first-order valence-electron chi connectivity index (χ1n) is 14.3. The molecule has 0 saturated carbocycles. The molecule has 3 saturated heterocycles. The molecule has 8 heteroatoms. The van der Waals surface area contributed by atoms with E-state index in [9.17, 15) is 9.59 Å². The lowest BCUT2D eigenvalue weighted by Crippen LogP contribution is -2.46. The summed E-state index contributed by atoms with van der Waals surface area (Å²) in [6, 6.07) is 18.4. The van der Waals surface area contributed by atoms with Crippen LogP contribution in [-0.2, 0) is 11.3 Å². The van der Waals surface area contributed by atoms with Crippen LogP contribution in [0.25, 0.3) is 0 Å². The summed E-state index contributed by atoms with van der Waals surface area (Å²) >= 11 is 0. The van der Waals surface area contributed by atoms with Gasteiger partial charge in [-0.1, -0.05) is 42.5 Å². The van der Waals surface area contributed by atoms with Gasteiger partial charge in [0.2, 0.25) is 5.91 Å². The topological polar surface area (TPSA) is 65.1 Å². The second kappa shape index (κ2) is 13.5. The molecule has 0 aromatic heterocycles. The van der Waals surface area contributed by atoms with Crippen molar-refractivity contribution in [3.8, 4) is 5.75 Å². The molecule has 0 radical (unpaired) electrons. The number of carbonyl (C=O) groups is 2. The monoisotopic (exact) mass is 554 g/mol. The maximum atomic E-state index is 13.5. The average Bonchev–Trinajstić information content (AvgIpc) is 3.27. The third-order valence-electron chi connectivity index (χ3n) is 8.82. The van der Waals surface area contributed by atoms with Gasteiger partial charge in [0.1, 0.15) is 5.75 Å². The Kier molecular flexibility index (Phi) is 10.1. The van der Waals surface area contributed by atoms with Gasteiger partial charge in [0.05, 0.1) is 18.6 Å². The molecule has 2 aromatic carbocycles. The molecule has 1 atom stereocenters. The van der Waals surface area contributed by atoms with Crippen molar-refractivity contribution in [1.82, 2.24) is 20.0 Å². The number of hydrogen-bond acceptors (Lipinski definition) is 4. The van der Waals surface area contributed by atoms with E-state index in [2.05, 4.69) is 22.3 Å². The van der Waals surface area contributed by atoms with Crippen LogP contribution in [0.1, 0.15) is 62.1 Å². The molecule has 3 heterocycles. The molecule has 3 fully saturated rings. The summed E-state index contributed by atoms with van der Waals surface area (Å²) in [5.74, 6) is 1.16. The van der Waals surface area contributed by atoms with Crippen LogP contribution >= 0.6 is 12.4 Å². The summed E-state index contributed by atoms with van der Waals surface area (Å²) in [7, 11) is 1.67. The quantitative estimate of drug-likeness (QED) is 0.483. The highest BCUT2D eigenvalue weighted by Gasteiger charge is 2.47. The van der Waals surface area contributed by atoms with Crippen molar-refractivity contribution in [2.24, 2.45) is 5.41 Å². The fourth-order valence-electron chi connectivity index (χ4n) is 6.32. The number of piperidine rings is 2. The number of halogens is 1. The van der Waals surface area contributed by atoms with E-state index >= 15 is 0 Å². The first kappa shape index (κ1) is 29.2. The third kappa shape index (κ3) is 7.06. The molecule has 5 rings (SSSR count). The number of hydrogen-bond donors (Lipinski definition) is 1. The molecule has 7 nitrogen and oxygen atoms in total. The van der Waals surface area contributed by atoms with E-state index in [4.69, 9.17) is 4.74 Å². The van der Waals surface area contributed by atoms with Crippen LogP contribution in [0.4, 0.5) is 4.79 Å². The number of methoxy groups -OCH3 is 1. The molecule has 2 aromatic rings. The number of likely N-dealkylation sites (tertiary alicyclic amines) is 3. The van der Waals surface area contributed by atoms with Gasteiger partial charge in [0, 0.05) is 32.7 Å². The summed E-state index contributed by atoms with van der Waals surface area (Å²) in [4.78, 5) is 32.9. The number of carbonyl (C=O) groups excluding carboxylic acids is 2. The minimum atomic E-state index is -0.204. The Balaban J connectivity index is 0.00000353. The van der Waals surface area contributed by atoms with Gasteiger partial charge in [-0.15, -0.1) is 12.4 Å². The van der Waals surface area contributed by atoms with Gasteiger partial charge in [0.25, 0.3) is 0 Å². The Hall–Kier alpha value is -2.77. The van der Waals surface area contributed by atoms with Crippen molar-refractivity contribution in [3.63, 3.8) is 0 Å². The van der Waals surface area contributed by atoms with E-state index in [1.165, 1.54) is 6.42 Å². The van der Waals surface area contributed by atoms with Crippen LogP contribution < -0.4 is 10.1 Å². The van der Waals surface area contributed by atoms with E-state index < -0.39 is 0 Å². The van der Waals surface area contributed by atoms with E-state index in [0.29, 0.717) is 12.5 Å². The Morgan fingerprint density at radius 2 is 1.59 bits per heavy atom. The summed E-state index contributed by atoms with van der Waals surface area (Å²) in [5.41, 5.74) is 2.10. The average molecular weight is 555 g/mol. The summed E-state index contributed by atoms with van der Waals surface area (Å²) in [6.45, 7) is 6.00. The Morgan fingerprint density at radius 3 is 2.26 bits per heavy atom. The predicted octanol–water partition coefficient (Wildman–Crippen LogP) is 5.26. The second-order valence-electron chi connectivity index (χ2n) is 11.2. The first-order valence-corrected chi connectivity index (χ1v) is 14.3. The van der Waals surface area contributed by atoms with E-state index in [1.54, 1.807) is 7.11 Å². The highest BCUT2D eigenvalue weighted by molar-refractivity contribution is 5.85. The normalized spacial score (nSPS) is 20.0. The van der Waals surface area contributed by atoms with Crippen molar-refractivity contribution in [2.45, 2.75) is 57.5 Å². The first-order chi connectivity index (χ1) is 18.6. The molecule has 39 heavy (non-hydrogen) atoms.